The minimum atomic E-state index is -0.0481. The monoisotopic (exact) mass is 275 g/mol. The van der Waals surface area contributed by atoms with Crippen LogP contribution in [0.4, 0.5) is 4.79 Å². The third-order valence-corrected chi connectivity index (χ3v) is 3.31. The second kappa shape index (κ2) is 6.93. The highest BCUT2D eigenvalue weighted by Gasteiger charge is 2.12. The van der Waals surface area contributed by atoms with Crippen LogP contribution in [0.3, 0.4) is 0 Å². The van der Waals surface area contributed by atoms with Gasteiger partial charge in [-0.25, -0.2) is 4.79 Å². The molecule has 0 aliphatic carbocycles. The van der Waals surface area contributed by atoms with Crippen LogP contribution in [0, 0.1) is 0 Å². The van der Waals surface area contributed by atoms with E-state index < -0.39 is 0 Å². The zero-order chi connectivity index (χ0) is 14.4. The first-order valence-corrected chi connectivity index (χ1v) is 7.12. The SMILES string of the molecule is CCCCN(CC)C(=O)NCc1noc2ccccc12. The molecule has 0 atom stereocenters. The number of nitrogens with zero attached hydrogens (tertiary/aromatic N) is 2. The number of carbonyl (C=O) groups excluding carboxylic acids is 1. The number of carbonyl (C=O) groups is 1. The molecule has 0 fully saturated rings. The van der Waals surface area contributed by atoms with E-state index in [0.717, 1.165) is 36.0 Å². The Bertz CT molecular complexity index is 565. The van der Waals surface area contributed by atoms with E-state index in [1.165, 1.54) is 0 Å². The topological polar surface area (TPSA) is 58.4 Å². The molecule has 1 aromatic heterocycles. The van der Waals surface area contributed by atoms with Crippen LogP contribution in [0.1, 0.15) is 32.4 Å². The van der Waals surface area contributed by atoms with Crippen LogP contribution in [0.15, 0.2) is 28.8 Å². The minimum Gasteiger partial charge on any atom is -0.356 e. The Balaban J connectivity index is 1.95. The molecule has 0 aliphatic rings. The first kappa shape index (κ1) is 14.4. The normalized spacial score (nSPS) is 10.7. The summed E-state index contributed by atoms with van der Waals surface area (Å²) < 4.78 is 5.22. The minimum absolute atomic E-state index is 0.0481. The molecule has 0 aliphatic heterocycles. The molecule has 0 saturated heterocycles. The van der Waals surface area contributed by atoms with E-state index in [1.807, 2.05) is 36.1 Å². The summed E-state index contributed by atoms with van der Waals surface area (Å²) in [5, 5.41) is 7.86. The Labute approximate surface area is 118 Å². The number of unbranched alkanes of at least 4 members (excludes halogenated alkanes) is 1. The van der Waals surface area contributed by atoms with E-state index >= 15 is 0 Å². The standard InChI is InChI=1S/C15H21N3O2/c1-3-5-10-18(4-2)15(19)16-11-13-12-8-6-7-9-14(12)20-17-13/h6-9H,3-5,10-11H2,1-2H3,(H,16,19). The number of para-hydroxylation sites is 1. The van der Waals surface area contributed by atoms with Gasteiger partial charge in [-0.1, -0.05) is 30.6 Å². The Hall–Kier alpha value is -2.04. The van der Waals surface area contributed by atoms with Gasteiger partial charge in [0.2, 0.25) is 0 Å². The molecule has 0 saturated carbocycles. The third-order valence-electron chi connectivity index (χ3n) is 3.31. The van der Waals surface area contributed by atoms with Crippen molar-refractivity contribution in [2.75, 3.05) is 13.1 Å². The van der Waals surface area contributed by atoms with Crippen molar-refractivity contribution in [1.29, 1.82) is 0 Å². The fourth-order valence-electron chi connectivity index (χ4n) is 2.09. The average Bonchev–Trinajstić information content (AvgIpc) is 2.89. The molecule has 2 amide bonds. The number of benzene rings is 1. The first-order chi connectivity index (χ1) is 9.76. The van der Waals surface area contributed by atoms with E-state index in [0.29, 0.717) is 13.1 Å². The quantitative estimate of drug-likeness (QED) is 0.881. The van der Waals surface area contributed by atoms with Gasteiger partial charge in [-0.05, 0) is 25.5 Å². The molecule has 2 rings (SSSR count). The average molecular weight is 275 g/mol. The number of rotatable bonds is 6. The van der Waals surface area contributed by atoms with Crippen LogP contribution >= 0.6 is 0 Å². The molecule has 5 nitrogen and oxygen atoms in total. The first-order valence-electron chi connectivity index (χ1n) is 7.12. The van der Waals surface area contributed by atoms with Gasteiger partial charge in [0.1, 0.15) is 5.69 Å². The third kappa shape index (κ3) is 3.29. The van der Waals surface area contributed by atoms with Crippen LogP contribution in [0.2, 0.25) is 0 Å². The van der Waals surface area contributed by atoms with Crippen molar-refractivity contribution in [1.82, 2.24) is 15.4 Å². The lowest BCUT2D eigenvalue weighted by Crippen LogP contribution is -2.40. The second-order valence-electron chi connectivity index (χ2n) is 4.72. The zero-order valence-electron chi connectivity index (χ0n) is 12.1. The highest BCUT2D eigenvalue weighted by molar-refractivity contribution is 5.80. The van der Waals surface area contributed by atoms with Gasteiger partial charge in [0.25, 0.3) is 0 Å². The molecule has 0 radical (unpaired) electrons. The van der Waals surface area contributed by atoms with E-state index in [2.05, 4.69) is 17.4 Å². The van der Waals surface area contributed by atoms with Gasteiger partial charge in [0.15, 0.2) is 5.58 Å². The fourth-order valence-corrected chi connectivity index (χ4v) is 2.09. The number of nitrogens with one attached hydrogen (secondary N) is 1. The van der Waals surface area contributed by atoms with Crippen molar-refractivity contribution >= 4 is 17.0 Å². The van der Waals surface area contributed by atoms with E-state index in [1.54, 1.807) is 0 Å². The van der Waals surface area contributed by atoms with Gasteiger partial charge < -0.3 is 14.7 Å². The summed E-state index contributed by atoms with van der Waals surface area (Å²) in [5.74, 6) is 0. The number of aromatic nitrogens is 1. The summed E-state index contributed by atoms with van der Waals surface area (Å²) in [6.45, 7) is 6.00. The summed E-state index contributed by atoms with van der Waals surface area (Å²) in [7, 11) is 0. The Morgan fingerprint density at radius 2 is 2.15 bits per heavy atom. The largest absolute Gasteiger partial charge is 0.356 e. The number of hydrogen-bond acceptors (Lipinski definition) is 3. The molecule has 5 heteroatoms. The van der Waals surface area contributed by atoms with Crippen LogP contribution in [-0.4, -0.2) is 29.2 Å². The van der Waals surface area contributed by atoms with E-state index in [9.17, 15) is 4.79 Å². The van der Waals surface area contributed by atoms with Gasteiger partial charge in [0.05, 0.1) is 6.54 Å². The van der Waals surface area contributed by atoms with Crippen LogP contribution in [0.25, 0.3) is 11.0 Å². The molecular weight excluding hydrogens is 254 g/mol. The molecule has 0 bridgehead atoms. The maximum atomic E-state index is 12.1. The smallest absolute Gasteiger partial charge is 0.317 e. The molecule has 20 heavy (non-hydrogen) atoms. The van der Waals surface area contributed by atoms with Crippen molar-refractivity contribution in [2.45, 2.75) is 33.2 Å². The van der Waals surface area contributed by atoms with E-state index in [-0.39, 0.29) is 6.03 Å². The van der Waals surface area contributed by atoms with Crippen molar-refractivity contribution < 1.29 is 9.32 Å². The molecule has 108 valence electrons. The van der Waals surface area contributed by atoms with Crippen molar-refractivity contribution in [3.63, 3.8) is 0 Å². The zero-order valence-corrected chi connectivity index (χ0v) is 12.1. The van der Waals surface area contributed by atoms with Crippen molar-refractivity contribution in [2.24, 2.45) is 0 Å². The summed E-state index contributed by atoms with van der Waals surface area (Å²) in [6.07, 6.45) is 2.10. The lowest BCUT2D eigenvalue weighted by Gasteiger charge is -2.20. The Kier molecular flexibility index (Phi) is 4.98. The number of urea groups is 1. The molecule has 1 heterocycles. The van der Waals surface area contributed by atoms with Crippen LogP contribution in [0.5, 0.6) is 0 Å². The molecule has 0 unspecified atom stereocenters. The van der Waals surface area contributed by atoms with Gasteiger partial charge in [-0.3, -0.25) is 0 Å². The molecule has 1 N–H and O–H groups in total. The maximum absolute atomic E-state index is 12.1. The van der Waals surface area contributed by atoms with Crippen LogP contribution < -0.4 is 5.32 Å². The molecule has 2 aromatic rings. The van der Waals surface area contributed by atoms with Gasteiger partial charge >= 0.3 is 6.03 Å². The van der Waals surface area contributed by atoms with Gasteiger partial charge in [0, 0.05) is 18.5 Å². The van der Waals surface area contributed by atoms with Crippen molar-refractivity contribution in [3.8, 4) is 0 Å². The van der Waals surface area contributed by atoms with Gasteiger partial charge in [-0.15, -0.1) is 0 Å². The second-order valence-corrected chi connectivity index (χ2v) is 4.72. The summed E-state index contributed by atoms with van der Waals surface area (Å²) in [4.78, 5) is 13.9. The van der Waals surface area contributed by atoms with Gasteiger partial charge in [-0.2, -0.15) is 0 Å². The lowest BCUT2D eigenvalue weighted by molar-refractivity contribution is 0.199. The highest BCUT2D eigenvalue weighted by Crippen LogP contribution is 2.17. The Morgan fingerprint density at radius 1 is 1.35 bits per heavy atom. The summed E-state index contributed by atoms with van der Waals surface area (Å²) >= 11 is 0. The predicted molar refractivity (Wildman–Crippen MR) is 78.4 cm³/mol. The summed E-state index contributed by atoms with van der Waals surface area (Å²) in [5.41, 5.74) is 1.51. The van der Waals surface area contributed by atoms with Crippen LogP contribution in [-0.2, 0) is 6.54 Å². The number of hydrogen-bond donors (Lipinski definition) is 1. The molecule has 0 spiro atoms. The summed E-state index contributed by atoms with van der Waals surface area (Å²) in [6, 6.07) is 7.60. The Morgan fingerprint density at radius 3 is 2.90 bits per heavy atom. The fraction of sp³-hybridized carbons (Fsp3) is 0.467. The molecule has 1 aromatic carbocycles. The molecular formula is C15H21N3O2. The number of amides is 2. The number of fused-ring (bicyclic) bond motifs is 1. The predicted octanol–water partition coefficient (Wildman–Crippen LogP) is 3.16. The highest BCUT2D eigenvalue weighted by atomic mass is 16.5. The lowest BCUT2D eigenvalue weighted by atomic mass is 10.2. The van der Waals surface area contributed by atoms with Crippen molar-refractivity contribution in [3.05, 3.63) is 30.0 Å². The maximum Gasteiger partial charge on any atom is 0.317 e. The van der Waals surface area contributed by atoms with E-state index in [4.69, 9.17) is 4.52 Å².